The lowest BCUT2D eigenvalue weighted by Crippen LogP contribution is -2.36. The summed E-state index contributed by atoms with van der Waals surface area (Å²) in [6.07, 6.45) is 18.7. The summed E-state index contributed by atoms with van der Waals surface area (Å²) in [7, 11) is 13.2. The number of aromatic nitrogens is 2. The van der Waals surface area contributed by atoms with Gasteiger partial charge in [0.2, 0.25) is 11.0 Å². The van der Waals surface area contributed by atoms with Crippen LogP contribution in [-0.2, 0) is 13.1 Å². The summed E-state index contributed by atoms with van der Waals surface area (Å²) in [6, 6.07) is 39.7. The van der Waals surface area contributed by atoms with Crippen molar-refractivity contribution in [2.24, 2.45) is 0 Å². The Labute approximate surface area is 365 Å². The van der Waals surface area contributed by atoms with E-state index in [1.165, 1.54) is 101 Å². The number of rotatable bonds is 15. The third kappa shape index (κ3) is 9.25. The Hall–Kier alpha value is -5.18. The van der Waals surface area contributed by atoms with Crippen molar-refractivity contribution in [3.63, 3.8) is 0 Å². The highest BCUT2D eigenvalue weighted by Gasteiger charge is 2.24. The summed E-state index contributed by atoms with van der Waals surface area (Å²) in [6.45, 7) is 1.95. The Bertz CT molecular complexity index is 2470. The van der Waals surface area contributed by atoms with Crippen molar-refractivity contribution < 1.29 is 18.3 Å². The largest absolute Gasteiger partial charge is 0.338 e. The second kappa shape index (κ2) is 19.0. The molecule has 0 spiro atoms. The Morgan fingerprint density at radius 2 is 0.900 bits per heavy atom. The highest BCUT2D eigenvalue weighted by atomic mass is 32.2. The Morgan fingerprint density at radius 3 is 1.32 bits per heavy atom. The van der Waals surface area contributed by atoms with E-state index in [0.717, 1.165) is 38.8 Å². The van der Waals surface area contributed by atoms with Gasteiger partial charge in [-0.25, -0.2) is 9.15 Å². The molecule has 2 aromatic heterocycles. The van der Waals surface area contributed by atoms with Gasteiger partial charge < -0.3 is 9.80 Å². The molecule has 0 radical (unpaired) electrons. The average Bonchev–Trinajstić information content (AvgIpc) is 3.76. The van der Waals surface area contributed by atoms with Crippen molar-refractivity contribution in [2.45, 2.75) is 74.2 Å². The van der Waals surface area contributed by atoms with E-state index >= 15 is 0 Å². The Kier molecular flexibility index (Phi) is 13.2. The second-order valence-corrected chi connectivity index (χ2v) is 18.6. The summed E-state index contributed by atoms with van der Waals surface area (Å²) >= 11 is 3.70. The standard InChI is InChI=1S/C52H60N6S2/c1-53(2)41(31-35-57-33-29-39(43-21-11-13-23-45(43)57)37-51-55(5)47-25-15-17-27-49(47)59-51)19-9-7-8-10-20-42(54(3)4)32-36-58-34-30-40(44-22-12-14-24-46(44)58)38-52-56(6)48-26-16-18-28-50(48)60-52/h11-18,21-30,33-34,37-38H,7-10,19-20,31-32,35-36H2,1-6H3/q+4. The van der Waals surface area contributed by atoms with Crippen LogP contribution < -0.4 is 18.9 Å². The van der Waals surface area contributed by atoms with Gasteiger partial charge in [0.25, 0.3) is 0 Å². The van der Waals surface area contributed by atoms with Crippen molar-refractivity contribution in [3.05, 3.63) is 143 Å². The Morgan fingerprint density at radius 1 is 0.500 bits per heavy atom. The lowest BCUT2D eigenvalue weighted by atomic mass is 10.0. The van der Waals surface area contributed by atoms with E-state index in [1.54, 1.807) is 0 Å². The van der Waals surface area contributed by atoms with Gasteiger partial charge in [-0.3, -0.25) is 0 Å². The maximum atomic E-state index is 2.44. The minimum atomic E-state index is 0.977. The molecule has 0 fully saturated rings. The number of unbranched alkanes of at least 4 members (excludes halogenated alkanes) is 3. The molecule has 2 aliphatic heterocycles. The fourth-order valence-corrected chi connectivity index (χ4v) is 10.9. The summed E-state index contributed by atoms with van der Waals surface area (Å²) in [5.41, 5.74) is 10.7. The summed E-state index contributed by atoms with van der Waals surface area (Å²) in [4.78, 5) is 7.25. The van der Waals surface area contributed by atoms with E-state index in [9.17, 15) is 0 Å². The van der Waals surface area contributed by atoms with Gasteiger partial charge in [-0.2, -0.15) is 9.13 Å². The molecule has 0 amide bonds. The zero-order valence-corrected chi connectivity index (χ0v) is 37.9. The molecular weight excluding hydrogens is 773 g/mol. The van der Waals surface area contributed by atoms with Crippen LogP contribution in [0.1, 0.15) is 62.5 Å². The molecule has 4 heterocycles. The number of fused-ring (bicyclic) bond motifs is 4. The van der Waals surface area contributed by atoms with Crippen LogP contribution in [-0.4, -0.2) is 62.9 Å². The molecule has 0 unspecified atom stereocenters. The predicted octanol–water partition coefficient (Wildman–Crippen LogP) is 10.9. The summed E-state index contributed by atoms with van der Waals surface area (Å²) < 4.78 is 9.61. The molecule has 0 saturated carbocycles. The van der Waals surface area contributed by atoms with Gasteiger partial charge in [-0.15, -0.1) is 0 Å². The number of anilines is 2. The van der Waals surface area contributed by atoms with Crippen molar-refractivity contribution in [1.82, 2.24) is 0 Å². The number of pyridine rings is 2. The van der Waals surface area contributed by atoms with E-state index in [1.807, 2.05) is 23.5 Å². The van der Waals surface area contributed by atoms with Crippen molar-refractivity contribution >= 4 is 80.3 Å². The van der Waals surface area contributed by atoms with Crippen molar-refractivity contribution in [1.29, 1.82) is 0 Å². The number of nitrogens with zero attached hydrogens (tertiary/aromatic N) is 6. The van der Waals surface area contributed by atoms with Crippen LogP contribution in [0.25, 0.3) is 34.0 Å². The average molecular weight is 833 g/mol. The van der Waals surface area contributed by atoms with Crippen LogP contribution in [0.5, 0.6) is 0 Å². The molecule has 8 rings (SSSR count). The number of thioether (sulfide) groups is 2. The first kappa shape index (κ1) is 41.5. The third-order valence-corrected chi connectivity index (χ3v) is 14.6. The van der Waals surface area contributed by atoms with Crippen LogP contribution in [0.15, 0.2) is 141 Å². The minimum absolute atomic E-state index is 0.977. The third-order valence-electron chi connectivity index (χ3n) is 12.2. The molecule has 2 aliphatic rings. The highest BCUT2D eigenvalue weighted by Crippen LogP contribution is 2.46. The van der Waals surface area contributed by atoms with E-state index < -0.39 is 0 Å². The molecule has 0 N–H and O–H groups in total. The monoisotopic (exact) mass is 832 g/mol. The Balaban J connectivity index is 0.824. The maximum Gasteiger partial charge on any atom is 0.213 e. The molecule has 0 bridgehead atoms. The number of aryl methyl sites for hydroxylation is 2. The molecular formula is C52H60N6S2+4. The quantitative estimate of drug-likeness (QED) is 0.0583. The number of hydrogen-bond acceptors (Lipinski definition) is 4. The van der Waals surface area contributed by atoms with Crippen LogP contribution in [0, 0.1) is 0 Å². The van der Waals surface area contributed by atoms with Crippen LogP contribution >= 0.6 is 23.5 Å². The van der Waals surface area contributed by atoms with E-state index in [4.69, 9.17) is 0 Å². The highest BCUT2D eigenvalue weighted by molar-refractivity contribution is 8.04. The van der Waals surface area contributed by atoms with Gasteiger partial charge in [0, 0.05) is 61.0 Å². The van der Waals surface area contributed by atoms with Crippen LogP contribution in [0.4, 0.5) is 11.4 Å². The normalized spacial score (nSPS) is 14.7. The van der Waals surface area contributed by atoms with Crippen molar-refractivity contribution in [3.8, 4) is 0 Å². The smallest absolute Gasteiger partial charge is 0.213 e. The van der Waals surface area contributed by atoms with Gasteiger partial charge in [-0.1, -0.05) is 84.9 Å². The first-order valence-corrected chi connectivity index (χ1v) is 23.2. The molecule has 0 saturated heterocycles. The molecule has 306 valence electrons. The van der Waals surface area contributed by atoms with Gasteiger partial charge in [0.05, 0.1) is 45.0 Å². The van der Waals surface area contributed by atoms with Crippen LogP contribution in [0.3, 0.4) is 0 Å². The topological polar surface area (TPSA) is 20.3 Å². The number of benzene rings is 4. The van der Waals surface area contributed by atoms with E-state index in [2.05, 4.69) is 204 Å². The molecule has 4 aromatic carbocycles. The fourth-order valence-electron chi connectivity index (χ4n) is 8.67. The second-order valence-electron chi connectivity index (χ2n) is 16.5. The van der Waals surface area contributed by atoms with Gasteiger partial charge in [-0.05, 0) is 72.5 Å². The zero-order valence-electron chi connectivity index (χ0n) is 36.3. The van der Waals surface area contributed by atoms with Gasteiger partial charge in [0.1, 0.15) is 28.2 Å². The molecule has 0 aliphatic carbocycles. The molecule has 8 heteroatoms. The SMILES string of the molecule is CN1C(=Cc2cc[n+](CCC(CCCCCCC(CC[n+]3ccc(C=C4Sc5ccccc5N4C)c4ccccc43)=[N+](C)C)=[N+](C)C)c3ccccc23)Sc2ccccc21. The van der Waals surface area contributed by atoms with E-state index in [0.29, 0.717) is 0 Å². The first-order chi connectivity index (χ1) is 29.2. The number of para-hydroxylation sites is 4. The lowest BCUT2D eigenvalue weighted by Gasteiger charge is -2.13. The minimum Gasteiger partial charge on any atom is -0.338 e. The van der Waals surface area contributed by atoms with Gasteiger partial charge in [0.15, 0.2) is 36.9 Å². The zero-order chi connectivity index (χ0) is 41.6. The molecule has 60 heavy (non-hydrogen) atoms. The van der Waals surface area contributed by atoms with Gasteiger partial charge >= 0.3 is 0 Å². The predicted molar refractivity (Wildman–Crippen MR) is 257 cm³/mol. The van der Waals surface area contributed by atoms with Crippen molar-refractivity contribution in [2.75, 3.05) is 52.1 Å². The molecule has 6 nitrogen and oxygen atoms in total. The molecule has 0 atom stereocenters. The maximum absolute atomic E-state index is 2.44. The number of hydrogen-bond donors (Lipinski definition) is 0. The lowest BCUT2D eigenvalue weighted by molar-refractivity contribution is -0.670. The molecule has 6 aromatic rings. The fraction of sp³-hybridized carbons (Fsp3) is 0.308. The summed E-state index contributed by atoms with van der Waals surface area (Å²) in [5.74, 6) is 0. The summed E-state index contributed by atoms with van der Waals surface area (Å²) in [5, 5.41) is 5.13. The van der Waals surface area contributed by atoms with Crippen LogP contribution in [0.2, 0.25) is 0 Å². The van der Waals surface area contributed by atoms with E-state index in [-0.39, 0.29) is 0 Å². The first-order valence-electron chi connectivity index (χ1n) is 21.6.